The highest BCUT2D eigenvalue weighted by atomic mass is 16.5. The molecule has 0 atom stereocenters. The quantitative estimate of drug-likeness (QED) is 0.578. The molecule has 0 aliphatic heterocycles. The summed E-state index contributed by atoms with van der Waals surface area (Å²) >= 11 is 0. The van der Waals surface area contributed by atoms with E-state index in [1.807, 2.05) is 0 Å². The number of hydroxylamine groups is 1. The fourth-order valence-electron chi connectivity index (χ4n) is 1.21. The second-order valence-electron chi connectivity index (χ2n) is 3.09. The highest BCUT2D eigenvalue weighted by Gasteiger charge is 2.08. The molecule has 2 rings (SSSR count). The molecule has 78 valence electrons. The molecule has 0 bridgehead atoms. The maximum atomic E-state index is 9.51. The van der Waals surface area contributed by atoms with Gasteiger partial charge in [-0.05, 0) is 6.92 Å². The van der Waals surface area contributed by atoms with Crippen LogP contribution in [0.1, 0.15) is 5.82 Å². The third-order valence-corrected chi connectivity index (χ3v) is 1.89. The van der Waals surface area contributed by atoms with Crippen LogP contribution in [0.2, 0.25) is 0 Å². The monoisotopic (exact) mass is 205 g/mol. The third-order valence-electron chi connectivity index (χ3n) is 1.89. The molecule has 0 aromatic carbocycles. The SMILES string of the molecule is C=CCN(O)c1nc2nc(C)ncc2[nH]1. The lowest BCUT2D eigenvalue weighted by molar-refractivity contribution is 0.260. The summed E-state index contributed by atoms with van der Waals surface area (Å²) in [5.41, 5.74) is 1.24. The zero-order chi connectivity index (χ0) is 10.8. The molecule has 0 spiro atoms. The molecule has 6 heteroatoms. The van der Waals surface area contributed by atoms with E-state index in [2.05, 4.69) is 26.5 Å². The van der Waals surface area contributed by atoms with Gasteiger partial charge in [-0.25, -0.2) is 15.0 Å². The first-order valence-corrected chi connectivity index (χ1v) is 4.47. The van der Waals surface area contributed by atoms with Gasteiger partial charge in [-0.3, -0.25) is 5.21 Å². The van der Waals surface area contributed by atoms with Crippen molar-refractivity contribution in [1.82, 2.24) is 19.9 Å². The zero-order valence-electron chi connectivity index (χ0n) is 8.30. The van der Waals surface area contributed by atoms with Crippen LogP contribution in [0.25, 0.3) is 11.2 Å². The van der Waals surface area contributed by atoms with Crippen LogP contribution in [0.5, 0.6) is 0 Å². The molecule has 2 aromatic heterocycles. The fourth-order valence-corrected chi connectivity index (χ4v) is 1.21. The maximum Gasteiger partial charge on any atom is 0.230 e. The van der Waals surface area contributed by atoms with E-state index in [4.69, 9.17) is 0 Å². The molecule has 2 aromatic rings. The Hall–Kier alpha value is -1.95. The Balaban J connectivity index is 2.42. The summed E-state index contributed by atoms with van der Waals surface area (Å²) < 4.78 is 0. The summed E-state index contributed by atoms with van der Waals surface area (Å²) in [4.78, 5) is 15.2. The zero-order valence-corrected chi connectivity index (χ0v) is 8.30. The van der Waals surface area contributed by atoms with Gasteiger partial charge in [0.25, 0.3) is 0 Å². The molecule has 0 unspecified atom stereocenters. The topological polar surface area (TPSA) is 77.9 Å². The van der Waals surface area contributed by atoms with Crippen LogP contribution in [0.3, 0.4) is 0 Å². The predicted octanol–water partition coefficient (Wildman–Crippen LogP) is 1.04. The lowest BCUT2D eigenvalue weighted by Gasteiger charge is -2.09. The van der Waals surface area contributed by atoms with E-state index >= 15 is 0 Å². The molecule has 2 heterocycles. The molecule has 0 aliphatic rings. The van der Waals surface area contributed by atoms with Gasteiger partial charge in [0.2, 0.25) is 5.95 Å². The van der Waals surface area contributed by atoms with Gasteiger partial charge in [-0.15, -0.1) is 6.58 Å². The Bertz CT molecular complexity index is 492. The molecule has 0 amide bonds. The molecule has 0 saturated carbocycles. The van der Waals surface area contributed by atoms with Gasteiger partial charge in [-0.1, -0.05) is 6.08 Å². The van der Waals surface area contributed by atoms with Crippen molar-refractivity contribution in [2.24, 2.45) is 0 Å². The van der Waals surface area contributed by atoms with Gasteiger partial charge in [0, 0.05) is 0 Å². The van der Waals surface area contributed by atoms with Gasteiger partial charge in [0.1, 0.15) is 11.3 Å². The molecule has 2 N–H and O–H groups in total. The number of H-pyrrole nitrogens is 1. The van der Waals surface area contributed by atoms with E-state index in [0.29, 0.717) is 29.5 Å². The Morgan fingerprint density at radius 3 is 3.13 bits per heavy atom. The number of hydrogen-bond donors (Lipinski definition) is 2. The third kappa shape index (κ3) is 1.79. The average molecular weight is 205 g/mol. The summed E-state index contributed by atoms with van der Waals surface area (Å²) in [6.45, 7) is 5.61. The van der Waals surface area contributed by atoms with Gasteiger partial charge >= 0.3 is 0 Å². The number of aromatic amines is 1. The van der Waals surface area contributed by atoms with E-state index in [1.54, 1.807) is 19.2 Å². The highest BCUT2D eigenvalue weighted by Crippen LogP contribution is 2.13. The van der Waals surface area contributed by atoms with Crippen molar-refractivity contribution in [3.05, 3.63) is 24.7 Å². The van der Waals surface area contributed by atoms with Crippen molar-refractivity contribution in [1.29, 1.82) is 0 Å². The minimum absolute atomic E-state index is 0.298. The van der Waals surface area contributed by atoms with Gasteiger partial charge in [0.15, 0.2) is 5.65 Å². The summed E-state index contributed by atoms with van der Waals surface area (Å²) in [6.07, 6.45) is 3.21. The number of hydrogen-bond acceptors (Lipinski definition) is 5. The van der Waals surface area contributed by atoms with Crippen molar-refractivity contribution < 1.29 is 5.21 Å². The number of fused-ring (bicyclic) bond motifs is 1. The van der Waals surface area contributed by atoms with Crippen molar-refractivity contribution in [3.63, 3.8) is 0 Å². The van der Waals surface area contributed by atoms with Crippen LogP contribution in [0.15, 0.2) is 18.9 Å². The molecule has 0 radical (unpaired) electrons. The molecule has 6 nitrogen and oxygen atoms in total. The summed E-state index contributed by atoms with van der Waals surface area (Å²) in [7, 11) is 0. The summed E-state index contributed by atoms with van der Waals surface area (Å²) in [5.74, 6) is 0.985. The first kappa shape index (κ1) is 9.60. The van der Waals surface area contributed by atoms with Crippen LogP contribution in [-0.4, -0.2) is 31.7 Å². The Morgan fingerprint density at radius 2 is 2.40 bits per heavy atom. The maximum absolute atomic E-state index is 9.51. The number of anilines is 1. The average Bonchev–Trinajstić information content (AvgIpc) is 2.60. The Morgan fingerprint density at radius 1 is 1.60 bits per heavy atom. The van der Waals surface area contributed by atoms with Crippen molar-refractivity contribution in [3.8, 4) is 0 Å². The van der Waals surface area contributed by atoms with Crippen LogP contribution in [-0.2, 0) is 0 Å². The standard InChI is InChI=1S/C9H11N5O/c1-3-4-14(15)9-12-7-5-10-6(2)11-8(7)13-9/h3,5,15H,1,4H2,2H3,(H,10,11,12,13). The molecular weight excluding hydrogens is 194 g/mol. The minimum atomic E-state index is 0.298. The van der Waals surface area contributed by atoms with Crippen molar-refractivity contribution in [2.75, 3.05) is 11.6 Å². The normalized spacial score (nSPS) is 10.5. The lowest BCUT2D eigenvalue weighted by atomic mass is 10.5. The Labute approximate surface area is 86.3 Å². The minimum Gasteiger partial charge on any atom is -0.320 e. The smallest absolute Gasteiger partial charge is 0.230 e. The van der Waals surface area contributed by atoms with Crippen LogP contribution >= 0.6 is 0 Å². The predicted molar refractivity (Wildman–Crippen MR) is 55.8 cm³/mol. The van der Waals surface area contributed by atoms with Crippen molar-refractivity contribution >= 4 is 17.1 Å². The molecule has 0 saturated heterocycles. The van der Waals surface area contributed by atoms with E-state index < -0.39 is 0 Å². The molecule has 0 fully saturated rings. The second kappa shape index (κ2) is 3.66. The van der Waals surface area contributed by atoms with E-state index in [1.165, 1.54) is 0 Å². The number of imidazole rings is 1. The van der Waals surface area contributed by atoms with Gasteiger partial charge in [0.05, 0.1) is 12.7 Å². The second-order valence-corrected chi connectivity index (χ2v) is 3.09. The summed E-state index contributed by atoms with van der Waals surface area (Å²) in [6, 6.07) is 0. The molecular formula is C9H11N5O. The Kier molecular flexibility index (Phi) is 2.34. The first-order valence-electron chi connectivity index (χ1n) is 4.47. The van der Waals surface area contributed by atoms with Gasteiger partial charge < -0.3 is 4.98 Å². The fraction of sp³-hybridized carbons (Fsp3) is 0.222. The van der Waals surface area contributed by atoms with Crippen LogP contribution < -0.4 is 5.06 Å². The molecule has 0 aliphatic carbocycles. The number of aryl methyl sites for hydroxylation is 1. The van der Waals surface area contributed by atoms with Crippen LogP contribution in [0, 0.1) is 6.92 Å². The highest BCUT2D eigenvalue weighted by molar-refractivity contribution is 5.72. The summed E-state index contributed by atoms with van der Waals surface area (Å²) in [5, 5.41) is 10.5. The van der Waals surface area contributed by atoms with Crippen molar-refractivity contribution in [2.45, 2.75) is 6.92 Å². The molecule has 15 heavy (non-hydrogen) atoms. The largest absolute Gasteiger partial charge is 0.320 e. The number of nitrogens with one attached hydrogen (secondary N) is 1. The lowest BCUT2D eigenvalue weighted by Crippen LogP contribution is -2.18. The number of rotatable bonds is 3. The van der Waals surface area contributed by atoms with Gasteiger partial charge in [-0.2, -0.15) is 4.98 Å². The van der Waals surface area contributed by atoms with Crippen LogP contribution in [0.4, 0.5) is 5.95 Å². The van der Waals surface area contributed by atoms with E-state index in [-0.39, 0.29) is 0 Å². The van der Waals surface area contributed by atoms with E-state index in [0.717, 1.165) is 5.06 Å². The number of nitrogens with zero attached hydrogens (tertiary/aromatic N) is 4. The number of aromatic nitrogens is 4. The van der Waals surface area contributed by atoms with E-state index in [9.17, 15) is 5.21 Å². The first-order chi connectivity index (χ1) is 7.20.